The minimum absolute atomic E-state index is 0.188. The molecule has 1 N–H and O–H groups in total. The molecule has 49 heavy (non-hydrogen) atoms. The van der Waals surface area contributed by atoms with Crippen molar-refractivity contribution in [2.75, 3.05) is 10.2 Å². The fourth-order valence-corrected chi connectivity index (χ4v) is 4.98. The van der Waals surface area contributed by atoms with Gasteiger partial charge in [0.2, 0.25) is 0 Å². The highest BCUT2D eigenvalue weighted by molar-refractivity contribution is 6.23. The molecule has 0 bridgehead atoms. The zero-order chi connectivity index (χ0) is 36.7. The maximum Gasteiger partial charge on any atom is 0.417 e. The van der Waals surface area contributed by atoms with Crippen molar-refractivity contribution in [3.05, 3.63) is 88.5 Å². The van der Waals surface area contributed by atoms with E-state index in [9.17, 15) is 37.6 Å². The number of halogens is 3. The molecular formula is C36H37F3N4O6. The molecule has 10 nitrogen and oxygen atoms in total. The first-order chi connectivity index (χ1) is 22.5. The van der Waals surface area contributed by atoms with Gasteiger partial charge in [0.25, 0.3) is 5.91 Å². The van der Waals surface area contributed by atoms with Crippen LogP contribution in [0.1, 0.15) is 92.8 Å². The van der Waals surface area contributed by atoms with Crippen LogP contribution >= 0.6 is 0 Å². The molecule has 3 amide bonds. The first-order valence-corrected chi connectivity index (χ1v) is 15.3. The van der Waals surface area contributed by atoms with Gasteiger partial charge >= 0.3 is 24.1 Å². The molecule has 1 fully saturated rings. The van der Waals surface area contributed by atoms with Gasteiger partial charge in [0.1, 0.15) is 16.7 Å². The van der Waals surface area contributed by atoms with E-state index in [0.29, 0.717) is 33.5 Å². The first-order valence-electron chi connectivity index (χ1n) is 15.3. The van der Waals surface area contributed by atoms with E-state index in [1.807, 2.05) is 0 Å². The SMILES string of the molecule is CC(C)(C)OC(=O)c1ccc(Nc2cc(C(=O)OC(C)(C)C)ccc2CN2C(=O)N(c3ccc(C#N)c(C(F)(F)F)c3)C(=O)C2(C)C)cc1. The Bertz CT molecular complexity index is 1850. The smallest absolute Gasteiger partial charge is 0.417 e. The lowest BCUT2D eigenvalue weighted by atomic mass is 10.0. The topological polar surface area (TPSA) is 129 Å². The lowest BCUT2D eigenvalue weighted by Crippen LogP contribution is -2.43. The van der Waals surface area contributed by atoms with Crippen molar-refractivity contribution in [1.82, 2.24) is 4.90 Å². The Morgan fingerprint density at radius 2 is 1.39 bits per heavy atom. The number of ether oxygens (including phenoxy) is 2. The molecular weight excluding hydrogens is 641 g/mol. The van der Waals surface area contributed by atoms with Gasteiger partial charge in [-0.2, -0.15) is 18.4 Å². The third-order valence-electron chi connectivity index (χ3n) is 7.38. The van der Waals surface area contributed by atoms with Crippen molar-refractivity contribution in [2.45, 2.75) is 84.9 Å². The van der Waals surface area contributed by atoms with Crippen LogP contribution in [0.3, 0.4) is 0 Å². The lowest BCUT2D eigenvalue weighted by molar-refractivity contribution is -0.137. The summed E-state index contributed by atoms with van der Waals surface area (Å²) in [4.78, 5) is 54.8. The van der Waals surface area contributed by atoms with E-state index in [-0.39, 0.29) is 17.8 Å². The molecule has 13 heteroatoms. The van der Waals surface area contributed by atoms with Crippen molar-refractivity contribution in [1.29, 1.82) is 5.26 Å². The molecule has 0 radical (unpaired) electrons. The molecule has 0 aromatic heterocycles. The highest BCUT2D eigenvalue weighted by Crippen LogP contribution is 2.39. The summed E-state index contributed by atoms with van der Waals surface area (Å²) in [5.74, 6) is -1.89. The standard InChI is InChI=1S/C36H37F3N4O6/c1-33(2,3)48-29(44)21-11-14-25(15-12-21)41-28-17-22(30(45)49-34(4,5)6)9-10-24(28)20-42-32(47)43(31(46)35(42,7)8)26-16-13-23(19-40)27(18-26)36(37,38)39/h9-18,41H,20H2,1-8H3. The molecule has 258 valence electrons. The predicted molar refractivity (Wildman–Crippen MR) is 175 cm³/mol. The summed E-state index contributed by atoms with van der Waals surface area (Å²) in [6, 6.07) is 14.2. The van der Waals surface area contributed by atoms with Crippen molar-refractivity contribution in [2.24, 2.45) is 0 Å². The van der Waals surface area contributed by atoms with E-state index in [0.717, 1.165) is 12.1 Å². The van der Waals surface area contributed by atoms with Crippen LogP contribution in [0.5, 0.6) is 0 Å². The number of nitrogens with zero attached hydrogens (tertiary/aromatic N) is 3. The maximum atomic E-state index is 13.8. The summed E-state index contributed by atoms with van der Waals surface area (Å²) in [5, 5.41) is 12.4. The minimum atomic E-state index is -4.90. The summed E-state index contributed by atoms with van der Waals surface area (Å²) >= 11 is 0. The zero-order valence-electron chi connectivity index (χ0n) is 28.4. The number of carbonyl (C=O) groups excluding carboxylic acids is 4. The first kappa shape index (κ1) is 36.5. The van der Waals surface area contributed by atoms with Crippen molar-refractivity contribution >= 4 is 40.9 Å². The molecule has 0 spiro atoms. The number of rotatable bonds is 7. The molecule has 1 aliphatic heterocycles. The summed E-state index contributed by atoms with van der Waals surface area (Å²) in [6.07, 6.45) is -4.90. The van der Waals surface area contributed by atoms with Crippen molar-refractivity contribution in [3.63, 3.8) is 0 Å². The number of benzene rings is 3. The van der Waals surface area contributed by atoms with Crippen LogP contribution in [0, 0.1) is 11.3 Å². The van der Waals surface area contributed by atoms with E-state index in [2.05, 4.69) is 5.32 Å². The summed E-state index contributed by atoms with van der Waals surface area (Å²) in [6.45, 7) is 13.2. The normalized spacial score (nSPS) is 14.8. The van der Waals surface area contributed by atoms with Crippen molar-refractivity contribution in [3.8, 4) is 6.07 Å². The second-order valence-electron chi connectivity index (χ2n) is 14.0. The molecule has 0 saturated carbocycles. The Hall–Kier alpha value is -5.38. The number of urea groups is 1. The Balaban J connectivity index is 1.71. The van der Waals surface area contributed by atoms with Gasteiger partial charge in [-0.1, -0.05) is 6.07 Å². The van der Waals surface area contributed by atoms with Gasteiger partial charge in [0, 0.05) is 11.4 Å². The number of amides is 3. The lowest BCUT2D eigenvalue weighted by Gasteiger charge is -2.29. The highest BCUT2D eigenvalue weighted by atomic mass is 19.4. The molecule has 0 unspecified atom stereocenters. The third kappa shape index (κ3) is 8.20. The number of alkyl halides is 3. The van der Waals surface area contributed by atoms with Crippen LogP contribution in [-0.4, -0.2) is 45.5 Å². The van der Waals surface area contributed by atoms with E-state index in [4.69, 9.17) is 9.47 Å². The largest absolute Gasteiger partial charge is 0.456 e. The number of hydrogen-bond donors (Lipinski definition) is 1. The third-order valence-corrected chi connectivity index (χ3v) is 7.38. The second-order valence-corrected chi connectivity index (χ2v) is 14.0. The Morgan fingerprint density at radius 1 is 0.837 bits per heavy atom. The summed E-state index contributed by atoms with van der Waals surface area (Å²) in [5.41, 5.74) is -3.40. The quantitative estimate of drug-likeness (QED) is 0.197. The Kier molecular flexibility index (Phi) is 9.61. The molecule has 3 aromatic carbocycles. The van der Waals surface area contributed by atoms with Crippen LogP contribution in [0.15, 0.2) is 60.7 Å². The Labute approximate surface area is 282 Å². The Morgan fingerprint density at radius 3 is 1.92 bits per heavy atom. The average molecular weight is 679 g/mol. The molecule has 3 aromatic rings. The molecule has 4 rings (SSSR count). The van der Waals surface area contributed by atoms with Gasteiger partial charge in [-0.3, -0.25) is 4.79 Å². The minimum Gasteiger partial charge on any atom is -0.456 e. The summed E-state index contributed by atoms with van der Waals surface area (Å²) in [7, 11) is 0. The fraction of sp³-hybridized carbons (Fsp3) is 0.361. The number of anilines is 3. The molecule has 1 heterocycles. The number of carbonyl (C=O) groups is 4. The van der Waals surface area contributed by atoms with Crippen molar-refractivity contribution < 1.29 is 41.8 Å². The van der Waals surface area contributed by atoms with E-state index in [1.54, 1.807) is 71.9 Å². The van der Waals surface area contributed by atoms with Gasteiger partial charge in [-0.15, -0.1) is 0 Å². The average Bonchev–Trinajstić information content (AvgIpc) is 3.14. The van der Waals surface area contributed by atoms with Crippen LogP contribution in [-0.2, 0) is 27.0 Å². The van der Waals surface area contributed by atoms with Gasteiger partial charge in [0.15, 0.2) is 0 Å². The molecule has 0 atom stereocenters. The van der Waals surface area contributed by atoms with Gasteiger partial charge < -0.3 is 19.7 Å². The van der Waals surface area contributed by atoms with Crippen LogP contribution in [0.2, 0.25) is 0 Å². The second kappa shape index (κ2) is 12.9. The highest BCUT2D eigenvalue weighted by Gasteiger charge is 2.52. The molecule has 0 aliphatic carbocycles. The predicted octanol–water partition coefficient (Wildman–Crippen LogP) is 7.98. The van der Waals surface area contributed by atoms with Crippen LogP contribution < -0.4 is 10.2 Å². The molecule has 1 aliphatic rings. The fourth-order valence-electron chi connectivity index (χ4n) is 4.98. The number of imide groups is 1. The van der Waals surface area contributed by atoms with E-state index in [1.165, 1.54) is 36.9 Å². The number of nitriles is 1. The van der Waals surface area contributed by atoms with E-state index < -0.39 is 57.9 Å². The van der Waals surface area contributed by atoms with E-state index >= 15 is 0 Å². The van der Waals surface area contributed by atoms with Crippen LogP contribution in [0.4, 0.5) is 35.0 Å². The molecule has 1 saturated heterocycles. The summed E-state index contributed by atoms with van der Waals surface area (Å²) < 4.78 is 52.1. The monoisotopic (exact) mass is 678 g/mol. The van der Waals surface area contributed by atoms with Gasteiger partial charge in [-0.05, 0) is 116 Å². The zero-order valence-corrected chi connectivity index (χ0v) is 28.4. The van der Waals surface area contributed by atoms with Crippen LogP contribution in [0.25, 0.3) is 0 Å². The maximum absolute atomic E-state index is 13.8. The van der Waals surface area contributed by atoms with Gasteiger partial charge in [0.05, 0.1) is 40.6 Å². The number of nitrogens with one attached hydrogen (secondary N) is 1. The number of hydrogen-bond acceptors (Lipinski definition) is 8. The number of esters is 2. The van der Waals surface area contributed by atoms with Gasteiger partial charge in [-0.25, -0.2) is 19.3 Å².